The lowest BCUT2D eigenvalue weighted by molar-refractivity contribution is -0.140. The molecule has 3 rings (SSSR count). The van der Waals surface area contributed by atoms with Crippen LogP contribution in [-0.2, 0) is 21.5 Å². The summed E-state index contributed by atoms with van der Waals surface area (Å²) in [6, 6.07) is 9.58. The molecule has 0 atom stereocenters. The summed E-state index contributed by atoms with van der Waals surface area (Å²) in [5, 5.41) is 9.18. The second-order valence-electron chi connectivity index (χ2n) is 7.21. The Morgan fingerprint density at radius 1 is 1.15 bits per heavy atom. The van der Waals surface area contributed by atoms with E-state index >= 15 is 0 Å². The van der Waals surface area contributed by atoms with Crippen molar-refractivity contribution >= 4 is 11.9 Å². The number of hydrogen-bond donors (Lipinski definition) is 1. The van der Waals surface area contributed by atoms with Gasteiger partial charge in [0, 0.05) is 20.3 Å². The maximum Gasteiger partial charge on any atom is 0.339 e. The summed E-state index contributed by atoms with van der Waals surface area (Å²) in [5.41, 5.74) is 1.65. The molecule has 0 aliphatic carbocycles. The molecule has 1 aromatic heterocycles. The van der Waals surface area contributed by atoms with Crippen molar-refractivity contribution in [3.63, 3.8) is 0 Å². The van der Waals surface area contributed by atoms with E-state index in [1.807, 2.05) is 31.2 Å². The molecule has 1 amide bonds. The van der Waals surface area contributed by atoms with Crippen LogP contribution in [0.4, 0.5) is 0 Å². The zero-order valence-corrected chi connectivity index (χ0v) is 15.9. The van der Waals surface area contributed by atoms with Crippen molar-refractivity contribution in [2.24, 2.45) is 0 Å². The van der Waals surface area contributed by atoms with E-state index in [-0.39, 0.29) is 18.0 Å². The third-order valence-electron chi connectivity index (χ3n) is 5.30. The molecule has 0 saturated carbocycles. The van der Waals surface area contributed by atoms with Crippen LogP contribution in [0.1, 0.15) is 45.8 Å². The van der Waals surface area contributed by atoms with E-state index in [0.717, 1.165) is 11.1 Å². The molecule has 144 valence electrons. The number of hydrogen-bond acceptors (Lipinski definition) is 4. The molecular formula is C21H25NO5. The zero-order valence-electron chi connectivity index (χ0n) is 15.9. The fourth-order valence-corrected chi connectivity index (χ4v) is 3.72. The zero-order chi connectivity index (χ0) is 19.6. The van der Waals surface area contributed by atoms with E-state index in [1.165, 1.54) is 6.07 Å². The number of nitrogens with zero attached hydrogens (tertiary/aromatic N) is 1. The lowest BCUT2D eigenvalue weighted by Gasteiger charge is -2.39. The second kappa shape index (κ2) is 7.56. The van der Waals surface area contributed by atoms with Crippen LogP contribution in [-0.4, -0.2) is 42.1 Å². The number of aryl methyl sites for hydroxylation is 2. The van der Waals surface area contributed by atoms with Crippen molar-refractivity contribution in [3.8, 4) is 0 Å². The summed E-state index contributed by atoms with van der Waals surface area (Å²) < 4.78 is 11.0. The predicted octanol–water partition coefficient (Wildman–Crippen LogP) is 3.30. The maximum absolute atomic E-state index is 13.4. The van der Waals surface area contributed by atoms with E-state index in [0.29, 0.717) is 37.6 Å². The van der Waals surface area contributed by atoms with Gasteiger partial charge in [-0.15, -0.1) is 0 Å². The topological polar surface area (TPSA) is 80.0 Å². The Bertz CT molecular complexity index is 831. The van der Waals surface area contributed by atoms with E-state index in [9.17, 15) is 14.7 Å². The predicted molar refractivity (Wildman–Crippen MR) is 99.8 cm³/mol. The molecule has 1 fully saturated rings. The Kier molecular flexibility index (Phi) is 5.37. The summed E-state index contributed by atoms with van der Waals surface area (Å²) in [4.78, 5) is 26.3. The molecule has 0 radical (unpaired) electrons. The van der Waals surface area contributed by atoms with E-state index < -0.39 is 11.4 Å². The number of carboxylic acids is 1. The van der Waals surface area contributed by atoms with Crippen molar-refractivity contribution < 1.29 is 23.8 Å². The summed E-state index contributed by atoms with van der Waals surface area (Å²) >= 11 is 0. The van der Waals surface area contributed by atoms with Crippen molar-refractivity contribution in [3.05, 3.63) is 58.5 Å². The molecule has 2 aromatic rings. The highest BCUT2D eigenvalue weighted by Crippen LogP contribution is 2.37. The molecule has 1 N–H and O–H groups in total. The minimum Gasteiger partial charge on any atom is -0.478 e. The van der Waals surface area contributed by atoms with Gasteiger partial charge in [-0.2, -0.15) is 0 Å². The average molecular weight is 371 g/mol. The molecule has 1 aromatic carbocycles. The largest absolute Gasteiger partial charge is 0.478 e. The van der Waals surface area contributed by atoms with Crippen molar-refractivity contribution in [2.75, 3.05) is 20.3 Å². The van der Waals surface area contributed by atoms with Crippen LogP contribution in [0.3, 0.4) is 0 Å². The quantitative estimate of drug-likeness (QED) is 0.872. The highest BCUT2D eigenvalue weighted by Gasteiger charge is 2.43. The number of carbonyl (C=O) groups excluding carboxylic acids is 1. The molecule has 0 unspecified atom stereocenters. The van der Waals surface area contributed by atoms with Gasteiger partial charge in [-0.3, -0.25) is 4.79 Å². The van der Waals surface area contributed by atoms with Gasteiger partial charge in [0.25, 0.3) is 0 Å². The normalized spacial score (nSPS) is 16.1. The first-order valence-electron chi connectivity index (χ1n) is 9.06. The standard InChI is InChI=1S/C21H25NO5/c1-14-4-6-16(7-5-14)21(8-10-26-11-9-21)20(25)22(3)13-17-12-18(19(23)24)15(2)27-17/h4-7,12H,8-11,13H2,1-3H3,(H,23,24). The summed E-state index contributed by atoms with van der Waals surface area (Å²) in [6.07, 6.45) is 1.24. The fraction of sp³-hybridized carbons (Fsp3) is 0.429. The van der Waals surface area contributed by atoms with Gasteiger partial charge in [0.15, 0.2) is 0 Å². The number of aromatic carboxylic acids is 1. The van der Waals surface area contributed by atoms with Crippen molar-refractivity contribution in [1.82, 2.24) is 4.90 Å². The van der Waals surface area contributed by atoms with Crippen LogP contribution in [0.5, 0.6) is 0 Å². The Balaban J connectivity index is 1.86. The second-order valence-corrected chi connectivity index (χ2v) is 7.21. The Labute approximate surface area is 158 Å². The summed E-state index contributed by atoms with van der Waals surface area (Å²) in [7, 11) is 1.73. The molecule has 1 aliphatic rings. The Morgan fingerprint density at radius 3 is 2.33 bits per heavy atom. The SMILES string of the molecule is Cc1ccc(C2(C(=O)N(C)Cc3cc(C(=O)O)c(C)o3)CCOCC2)cc1. The van der Waals surface area contributed by atoms with Crippen LogP contribution in [0, 0.1) is 13.8 Å². The molecule has 0 bridgehead atoms. The maximum atomic E-state index is 13.4. The third-order valence-corrected chi connectivity index (χ3v) is 5.30. The molecule has 6 heteroatoms. The first kappa shape index (κ1) is 19.2. The number of ether oxygens (including phenoxy) is 1. The van der Waals surface area contributed by atoms with E-state index in [1.54, 1.807) is 18.9 Å². The minimum atomic E-state index is -1.03. The number of likely N-dealkylation sites (N-methyl/N-ethyl adjacent to an activating group) is 1. The van der Waals surface area contributed by atoms with Crippen LogP contribution in [0.25, 0.3) is 0 Å². The lowest BCUT2D eigenvalue weighted by Crippen LogP contribution is -2.48. The summed E-state index contributed by atoms with van der Waals surface area (Å²) in [6.45, 7) is 4.93. The van der Waals surface area contributed by atoms with Crippen LogP contribution in [0.2, 0.25) is 0 Å². The summed E-state index contributed by atoms with van der Waals surface area (Å²) in [5.74, 6) is -0.220. The smallest absolute Gasteiger partial charge is 0.339 e. The van der Waals surface area contributed by atoms with Gasteiger partial charge >= 0.3 is 5.97 Å². The first-order valence-corrected chi connectivity index (χ1v) is 9.06. The monoisotopic (exact) mass is 371 g/mol. The third kappa shape index (κ3) is 3.76. The number of carboxylic acid groups (broad SMARTS) is 1. The van der Waals surface area contributed by atoms with Gasteiger partial charge < -0.3 is 19.2 Å². The van der Waals surface area contributed by atoms with Gasteiger partial charge in [-0.05, 0) is 38.3 Å². The van der Waals surface area contributed by atoms with Gasteiger partial charge in [-0.1, -0.05) is 29.8 Å². The number of benzene rings is 1. The van der Waals surface area contributed by atoms with Crippen LogP contribution >= 0.6 is 0 Å². The van der Waals surface area contributed by atoms with Gasteiger partial charge in [-0.25, -0.2) is 4.79 Å². The highest BCUT2D eigenvalue weighted by atomic mass is 16.5. The van der Waals surface area contributed by atoms with Gasteiger partial charge in [0.2, 0.25) is 5.91 Å². The number of amides is 1. The molecule has 0 spiro atoms. The lowest BCUT2D eigenvalue weighted by atomic mass is 9.73. The van der Waals surface area contributed by atoms with Crippen molar-refractivity contribution in [2.45, 2.75) is 38.6 Å². The highest BCUT2D eigenvalue weighted by molar-refractivity contribution is 5.89. The van der Waals surface area contributed by atoms with E-state index in [4.69, 9.17) is 9.15 Å². The van der Waals surface area contributed by atoms with Crippen molar-refractivity contribution in [1.29, 1.82) is 0 Å². The van der Waals surface area contributed by atoms with Crippen LogP contribution in [0.15, 0.2) is 34.7 Å². The van der Waals surface area contributed by atoms with Crippen LogP contribution < -0.4 is 0 Å². The van der Waals surface area contributed by atoms with Gasteiger partial charge in [0.05, 0.1) is 12.0 Å². The molecule has 1 aliphatic heterocycles. The number of carbonyl (C=O) groups is 2. The fourth-order valence-electron chi connectivity index (χ4n) is 3.72. The first-order chi connectivity index (χ1) is 12.8. The minimum absolute atomic E-state index is 0.000538. The molecule has 2 heterocycles. The Hall–Kier alpha value is -2.60. The average Bonchev–Trinajstić information content (AvgIpc) is 3.02. The molecule has 1 saturated heterocycles. The van der Waals surface area contributed by atoms with Gasteiger partial charge in [0.1, 0.15) is 17.1 Å². The Morgan fingerprint density at radius 2 is 1.78 bits per heavy atom. The molecular weight excluding hydrogens is 346 g/mol. The van der Waals surface area contributed by atoms with E-state index in [2.05, 4.69) is 0 Å². The molecule has 6 nitrogen and oxygen atoms in total. The number of rotatable bonds is 5. The molecule has 27 heavy (non-hydrogen) atoms. The number of furan rings is 1.